The van der Waals surface area contributed by atoms with Gasteiger partial charge in [0.05, 0.1) is 6.42 Å². The molecule has 0 fully saturated rings. The Labute approximate surface area is 105 Å². The first-order valence-corrected chi connectivity index (χ1v) is 5.27. The fourth-order valence-electron chi connectivity index (χ4n) is 0.857. The molecule has 100 valence electrons. The lowest BCUT2D eigenvalue weighted by atomic mass is 10.4. The van der Waals surface area contributed by atoms with E-state index in [1.165, 1.54) is 0 Å². The SMILES string of the molecule is C=CC(=O)OCCC(=O)OCC(C)OC(=O)C=C. The van der Waals surface area contributed by atoms with E-state index in [9.17, 15) is 14.4 Å². The molecule has 1 unspecified atom stereocenters. The Kier molecular flexibility index (Phi) is 7.92. The van der Waals surface area contributed by atoms with Crippen molar-refractivity contribution in [3.8, 4) is 0 Å². The highest BCUT2D eigenvalue weighted by Gasteiger charge is 2.10. The predicted octanol–water partition coefficient (Wildman–Crippen LogP) is 0.767. The second-order valence-corrected chi connectivity index (χ2v) is 3.26. The van der Waals surface area contributed by atoms with E-state index in [4.69, 9.17) is 9.47 Å². The van der Waals surface area contributed by atoms with Crippen molar-refractivity contribution >= 4 is 17.9 Å². The van der Waals surface area contributed by atoms with Gasteiger partial charge in [0, 0.05) is 12.2 Å². The van der Waals surface area contributed by atoms with Gasteiger partial charge in [0.2, 0.25) is 0 Å². The van der Waals surface area contributed by atoms with Gasteiger partial charge < -0.3 is 14.2 Å². The van der Waals surface area contributed by atoms with Gasteiger partial charge in [-0.1, -0.05) is 13.2 Å². The molecule has 0 radical (unpaired) electrons. The van der Waals surface area contributed by atoms with E-state index in [0.29, 0.717) is 0 Å². The van der Waals surface area contributed by atoms with Crippen LogP contribution in [0.3, 0.4) is 0 Å². The number of carbonyl (C=O) groups is 3. The van der Waals surface area contributed by atoms with Gasteiger partial charge in [0.1, 0.15) is 19.3 Å². The average molecular weight is 256 g/mol. The smallest absolute Gasteiger partial charge is 0.330 e. The third kappa shape index (κ3) is 8.09. The van der Waals surface area contributed by atoms with Crippen LogP contribution in [0.2, 0.25) is 0 Å². The molecule has 18 heavy (non-hydrogen) atoms. The van der Waals surface area contributed by atoms with Crippen molar-refractivity contribution in [1.82, 2.24) is 0 Å². The zero-order valence-corrected chi connectivity index (χ0v) is 10.2. The maximum atomic E-state index is 11.2. The van der Waals surface area contributed by atoms with Crippen molar-refractivity contribution in [2.75, 3.05) is 13.2 Å². The molecule has 0 spiro atoms. The Morgan fingerprint density at radius 2 is 1.72 bits per heavy atom. The number of hydrogen-bond acceptors (Lipinski definition) is 6. The first-order valence-electron chi connectivity index (χ1n) is 5.27. The van der Waals surface area contributed by atoms with E-state index >= 15 is 0 Å². The summed E-state index contributed by atoms with van der Waals surface area (Å²) in [5.74, 6) is -1.73. The minimum Gasteiger partial charge on any atom is -0.462 e. The standard InChI is InChI=1S/C12H16O6/c1-4-10(13)16-7-6-12(15)17-8-9(3)18-11(14)5-2/h4-5,9H,1-2,6-8H2,3H3. The largest absolute Gasteiger partial charge is 0.462 e. The predicted molar refractivity (Wildman–Crippen MR) is 62.5 cm³/mol. The van der Waals surface area contributed by atoms with E-state index in [2.05, 4.69) is 17.9 Å². The zero-order valence-electron chi connectivity index (χ0n) is 10.2. The topological polar surface area (TPSA) is 78.9 Å². The second-order valence-electron chi connectivity index (χ2n) is 3.26. The number of carbonyl (C=O) groups excluding carboxylic acids is 3. The summed E-state index contributed by atoms with van der Waals surface area (Å²) < 4.78 is 14.2. The van der Waals surface area contributed by atoms with Crippen LogP contribution in [0.4, 0.5) is 0 Å². The molecule has 0 aromatic carbocycles. The zero-order chi connectivity index (χ0) is 14.0. The fraction of sp³-hybridized carbons (Fsp3) is 0.417. The van der Waals surface area contributed by atoms with Gasteiger partial charge in [-0.3, -0.25) is 4.79 Å². The van der Waals surface area contributed by atoms with Crippen LogP contribution in [0.25, 0.3) is 0 Å². The molecule has 0 amide bonds. The van der Waals surface area contributed by atoms with E-state index in [1.807, 2.05) is 0 Å². The minimum atomic E-state index is -0.601. The summed E-state index contributed by atoms with van der Waals surface area (Å²) in [5, 5.41) is 0. The van der Waals surface area contributed by atoms with Crippen LogP contribution in [0, 0.1) is 0 Å². The fourth-order valence-corrected chi connectivity index (χ4v) is 0.857. The van der Waals surface area contributed by atoms with Gasteiger partial charge in [-0.25, -0.2) is 9.59 Å². The van der Waals surface area contributed by atoms with Crippen LogP contribution >= 0.6 is 0 Å². The van der Waals surface area contributed by atoms with Gasteiger partial charge >= 0.3 is 17.9 Å². The number of hydrogen-bond donors (Lipinski definition) is 0. The number of esters is 3. The summed E-state index contributed by atoms with van der Waals surface area (Å²) in [4.78, 5) is 32.6. The van der Waals surface area contributed by atoms with Crippen LogP contribution in [0.1, 0.15) is 13.3 Å². The lowest BCUT2D eigenvalue weighted by Gasteiger charge is -2.12. The first-order chi connectivity index (χ1) is 8.49. The van der Waals surface area contributed by atoms with Crippen molar-refractivity contribution in [2.24, 2.45) is 0 Å². The first kappa shape index (κ1) is 15.9. The molecule has 0 saturated heterocycles. The van der Waals surface area contributed by atoms with Crippen molar-refractivity contribution in [2.45, 2.75) is 19.4 Å². The van der Waals surface area contributed by atoms with Crippen LogP contribution in [-0.2, 0) is 28.6 Å². The molecule has 0 aliphatic heterocycles. The van der Waals surface area contributed by atoms with E-state index < -0.39 is 24.0 Å². The molecule has 1 atom stereocenters. The maximum absolute atomic E-state index is 11.2. The highest BCUT2D eigenvalue weighted by Crippen LogP contribution is 1.96. The van der Waals surface area contributed by atoms with Crippen molar-refractivity contribution in [1.29, 1.82) is 0 Å². The molecule has 0 rings (SSSR count). The van der Waals surface area contributed by atoms with Gasteiger partial charge in [-0.2, -0.15) is 0 Å². The Morgan fingerprint density at radius 3 is 2.28 bits per heavy atom. The normalized spacial score (nSPS) is 10.9. The monoisotopic (exact) mass is 256 g/mol. The molecule has 6 heteroatoms. The van der Waals surface area contributed by atoms with Crippen molar-refractivity contribution in [3.63, 3.8) is 0 Å². The number of ether oxygens (including phenoxy) is 3. The van der Waals surface area contributed by atoms with Gasteiger partial charge in [-0.05, 0) is 6.92 Å². The van der Waals surface area contributed by atoms with Gasteiger partial charge in [0.15, 0.2) is 0 Å². The molecule has 0 aromatic rings. The van der Waals surface area contributed by atoms with Crippen LogP contribution in [-0.4, -0.2) is 37.2 Å². The van der Waals surface area contributed by atoms with Gasteiger partial charge in [0.25, 0.3) is 0 Å². The van der Waals surface area contributed by atoms with E-state index in [1.54, 1.807) is 6.92 Å². The van der Waals surface area contributed by atoms with Crippen molar-refractivity contribution < 1.29 is 28.6 Å². The summed E-state index contributed by atoms with van der Waals surface area (Å²) in [7, 11) is 0. The molecule has 0 heterocycles. The minimum absolute atomic E-state index is 0.0617. The Balaban J connectivity index is 3.69. The van der Waals surface area contributed by atoms with Crippen LogP contribution in [0.15, 0.2) is 25.3 Å². The second kappa shape index (κ2) is 8.98. The summed E-state index contributed by atoms with van der Waals surface area (Å²) in [6.07, 6.45) is 1.40. The molecule has 0 aromatic heterocycles. The van der Waals surface area contributed by atoms with E-state index in [-0.39, 0.29) is 19.6 Å². The van der Waals surface area contributed by atoms with Crippen molar-refractivity contribution in [3.05, 3.63) is 25.3 Å². The Hall–Kier alpha value is -2.11. The lowest BCUT2D eigenvalue weighted by Crippen LogP contribution is -2.22. The van der Waals surface area contributed by atoms with E-state index in [0.717, 1.165) is 12.2 Å². The maximum Gasteiger partial charge on any atom is 0.330 e. The van der Waals surface area contributed by atoms with Crippen LogP contribution < -0.4 is 0 Å². The molecular formula is C12H16O6. The lowest BCUT2D eigenvalue weighted by molar-refractivity contribution is -0.156. The molecule has 0 bridgehead atoms. The summed E-state index contributed by atoms with van der Waals surface area (Å²) in [5.41, 5.74) is 0. The molecule has 0 aliphatic carbocycles. The molecule has 0 aliphatic rings. The highest BCUT2D eigenvalue weighted by atomic mass is 16.6. The average Bonchev–Trinajstić information content (AvgIpc) is 2.35. The Bertz CT molecular complexity index is 333. The summed E-state index contributed by atoms with van der Waals surface area (Å²) >= 11 is 0. The summed E-state index contributed by atoms with van der Waals surface area (Å²) in [6, 6.07) is 0. The third-order valence-corrected chi connectivity index (χ3v) is 1.68. The molecule has 6 nitrogen and oxygen atoms in total. The summed E-state index contributed by atoms with van der Waals surface area (Å²) in [6.45, 7) is 7.88. The molecule has 0 N–H and O–H groups in total. The third-order valence-electron chi connectivity index (χ3n) is 1.68. The quantitative estimate of drug-likeness (QED) is 0.362. The highest BCUT2D eigenvalue weighted by molar-refractivity contribution is 5.81. The Morgan fingerprint density at radius 1 is 1.11 bits per heavy atom. The number of rotatable bonds is 8. The van der Waals surface area contributed by atoms with Gasteiger partial charge in [-0.15, -0.1) is 0 Å². The molecular weight excluding hydrogens is 240 g/mol. The molecule has 0 saturated carbocycles. The van der Waals surface area contributed by atoms with Crippen LogP contribution in [0.5, 0.6) is 0 Å².